The molecule has 5 nitrogen and oxygen atoms in total. The SMILES string of the molecule is C[C@@H]1CN(CC(N)C(=O)O)C[C@H](C)O1. The van der Waals surface area contributed by atoms with Gasteiger partial charge in [0, 0.05) is 19.6 Å². The van der Waals surface area contributed by atoms with E-state index in [9.17, 15) is 4.79 Å². The number of nitrogens with zero attached hydrogens (tertiary/aromatic N) is 1. The van der Waals surface area contributed by atoms with Gasteiger partial charge in [-0.2, -0.15) is 0 Å². The van der Waals surface area contributed by atoms with E-state index >= 15 is 0 Å². The van der Waals surface area contributed by atoms with E-state index in [0.717, 1.165) is 13.1 Å². The van der Waals surface area contributed by atoms with Crippen LogP contribution in [0.15, 0.2) is 0 Å². The normalized spacial score (nSPS) is 31.4. The predicted octanol–water partition coefficient (Wildman–Crippen LogP) is -0.492. The zero-order valence-corrected chi connectivity index (χ0v) is 8.64. The van der Waals surface area contributed by atoms with E-state index < -0.39 is 12.0 Å². The third-order valence-electron chi connectivity index (χ3n) is 2.27. The molecular weight excluding hydrogens is 184 g/mol. The standard InChI is InChI=1S/C9H18N2O3/c1-6-3-11(4-7(2)14-6)5-8(10)9(12)13/h6-8H,3-5,10H2,1-2H3,(H,12,13)/t6-,7+,8?. The molecule has 3 N–H and O–H groups in total. The minimum Gasteiger partial charge on any atom is -0.480 e. The monoisotopic (exact) mass is 202 g/mol. The van der Waals surface area contributed by atoms with Gasteiger partial charge in [0.1, 0.15) is 6.04 Å². The van der Waals surface area contributed by atoms with Crippen LogP contribution < -0.4 is 5.73 Å². The number of hydrogen-bond donors (Lipinski definition) is 2. The number of carboxylic acid groups (broad SMARTS) is 1. The average Bonchev–Trinajstić information content (AvgIpc) is 2.01. The van der Waals surface area contributed by atoms with E-state index in [1.54, 1.807) is 0 Å². The van der Waals surface area contributed by atoms with Crippen LogP contribution in [0, 0.1) is 0 Å². The third kappa shape index (κ3) is 3.25. The molecule has 1 saturated heterocycles. The van der Waals surface area contributed by atoms with Gasteiger partial charge >= 0.3 is 5.97 Å². The van der Waals surface area contributed by atoms with Crippen LogP contribution in [0.3, 0.4) is 0 Å². The first kappa shape index (κ1) is 11.4. The molecule has 1 fully saturated rings. The van der Waals surface area contributed by atoms with Crippen LogP contribution in [0.4, 0.5) is 0 Å². The fourth-order valence-electron chi connectivity index (χ4n) is 1.79. The minimum absolute atomic E-state index is 0.153. The molecule has 0 amide bonds. The summed E-state index contributed by atoms with van der Waals surface area (Å²) in [4.78, 5) is 12.6. The minimum atomic E-state index is -0.947. The lowest BCUT2D eigenvalue weighted by atomic mass is 10.2. The Hall–Kier alpha value is -0.650. The molecule has 0 bridgehead atoms. The number of rotatable bonds is 3. The number of nitrogens with two attached hydrogens (primary N) is 1. The lowest BCUT2D eigenvalue weighted by Gasteiger charge is -2.35. The first-order chi connectivity index (χ1) is 6.49. The molecule has 5 heteroatoms. The predicted molar refractivity (Wildman–Crippen MR) is 52.1 cm³/mol. The maximum atomic E-state index is 10.6. The van der Waals surface area contributed by atoms with Crippen LogP contribution >= 0.6 is 0 Å². The van der Waals surface area contributed by atoms with Crippen LogP contribution in [-0.2, 0) is 9.53 Å². The number of morpholine rings is 1. The highest BCUT2D eigenvalue weighted by Crippen LogP contribution is 2.10. The van der Waals surface area contributed by atoms with E-state index in [4.69, 9.17) is 15.6 Å². The van der Waals surface area contributed by atoms with Gasteiger partial charge < -0.3 is 15.6 Å². The summed E-state index contributed by atoms with van der Waals surface area (Å²) in [6, 6.07) is -0.799. The molecule has 1 rings (SSSR count). The van der Waals surface area contributed by atoms with Crippen molar-refractivity contribution >= 4 is 5.97 Å². The molecule has 1 unspecified atom stereocenters. The van der Waals surface area contributed by atoms with Gasteiger partial charge in [-0.1, -0.05) is 0 Å². The second kappa shape index (κ2) is 4.72. The maximum Gasteiger partial charge on any atom is 0.321 e. The van der Waals surface area contributed by atoms with Crippen molar-refractivity contribution in [2.75, 3.05) is 19.6 Å². The highest BCUT2D eigenvalue weighted by Gasteiger charge is 2.25. The Bertz CT molecular complexity index is 200. The Balaban J connectivity index is 2.40. The van der Waals surface area contributed by atoms with Gasteiger partial charge in [-0.05, 0) is 13.8 Å². The summed E-state index contributed by atoms with van der Waals surface area (Å²) in [5.74, 6) is -0.947. The van der Waals surface area contributed by atoms with Crippen LogP contribution in [0.5, 0.6) is 0 Å². The molecule has 1 aliphatic heterocycles. The number of carboxylic acids is 1. The van der Waals surface area contributed by atoms with Crippen molar-refractivity contribution < 1.29 is 14.6 Å². The third-order valence-corrected chi connectivity index (χ3v) is 2.27. The molecular formula is C9H18N2O3. The van der Waals surface area contributed by atoms with E-state index in [2.05, 4.69) is 0 Å². The zero-order chi connectivity index (χ0) is 10.7. The molecule has 1 heterocycles. The molecule has 0 aromatic carbocycles. The fraction of sp³-hybridized carbons (Fsp3) is 0.889. The van der Waals surface area contributed by atoms with E-state index in [1.165, 1.54) is 0 Å². The largest absolute Gasteiger partial charge is 0.480 e. The van der Waals surface area contributed by atoms with E-state index in [0.29, 0.717) is 6.54 Å². The zero-order valence-electron chi connectivity index (χ0n) is 8.64. The Morgan fingerprint density at radius 2 is 2.07 bits per heavy atom. The van der Waals surface area contributed by atoms with Crippen molar-refractivity contribution in [1.82, 2.24) is 4.90 Å². The highest BCUT2D eigenvalue weighted by molar-refractivity contribution is 5.73. The molecule has 0 saturated carbocycles. The van der Waals surface area contributed by atoms with Gasteiger partial charge in [-0.15, -0.1) is 0 Å². The van der Waals surface area contributed by atoms with Gasteiger partial charge in [-0.3, -0.25) is 9.69 Å². The van der Waals surface area contributed by atoms with Crippen molar-refractivity contribution in [2.45, 2.75) is 32.1 Å². The van der Waals surface area contributed by atoms with Crippen LogP contribution in [-0.4, -0.2) is 53.9 Å². The van der Waals surface area contributed by atoms with Gasteiger partial charge in [-0.25, -0.2) is 0 Å². The number of hydrogen-bond acceptors (Lipinski definition) is 4. The molecule has 0 aromatic rings. The van der Waals surface area contributed by atoms with E-state index in [-0.39, 0.29) is 12.2 Å². The quantitative estimate of drug-likeness (QED) is 0.645. The van der Waals surface area contributed by atoms with Crippen LogP contribution in [0.2, 0.25) is 0 Å². The molecule has 82 valence electrons. The van der Waals surface area contributed by atoms with Crippen molar-refractivity contribution in [1.29, 1.82) is 0 Å². The van der Waals surface area contributed by atoms with Crippen LogP contribution in [0.1, 0.15) is 13.8 Å². The van der Waals surface area contributed by atoms with Crippen molar-refractivity contribution in [3.63, 3.8) is 0 Å². The Morgan fingerprint density at radius 1 is 1.57 bits per heavy atom. The molecule has 0 aromatic heterocycles. The Labute approximate surface area is 83.8 Å². The Kier molecular flexibility index (Phi) is 3.86. The molecule has 0 radical (unpaired) electrons. The summed E-state index contributed by atoms with van der Waals surface area (Å²) < 4.78 is 5.53. The van der Waals surface area contributed by atoms with Gasteiger partial charge in [0.25, 0.3) is 0 Å². The molecule has 0 spiro atoms. The number of aliphatic carboxylic acids is 1. The summed E-state index contributed by atoms with van der Waals surface area (Å²) >= 11 is 0. The van der Waals surface area contributed by atoms with Gasteiger partial charge in [0.05, 0.1) is 12.2 Å². The van der Waals surface area contributed by atoms with Gasteiger partial charge in [0.15, 0.2) is 0 Å². The lowest BCUT2D eigenvalue weighted by Crippen LogP contribution is -2.51. The average molecular weight is 202 g/mol. The van der Waals surface area contributed by atoms with Crippen molar-refractivity contribution in [3.8, 4) is 0 Å². The topological polar surface area (TPSA) is 75.8 Å². The molecule has 3 atom stereocenters. The first-order valence-corrected chi connectivity index (χ1v) is 4.85. The molecule has 0 aliphatic carbocycles. The van der Waals surface area contributed by atoms with Gasteiger partial charge in [0.2, 0.25) is 0 Å². The smallest absolute Gasteiger partial charge is 0.321 e. The summed E-state index contributed by atoms with van der Waals surface area (Å²) in [6.07, 6.45) is 0.305. The second-order valence-corrected chi connectivity index (χ2v) is 3.92. The van der Waals surface area contributed by atoms with Crippen molar-refractivity contribution in [2.24, 2.45) is 5.73 Å². The van der Waals surface area contributed by atoms with Crippen molar-refractivity contribution in [3.05, 3.63) is 0 Å². The first-order valence-electron chi connectivity index (χ1n) is 4.85. The Morgan fingerprint density at radius 3 is 2.50 bits per heavy atom. The highest BCUT2D eigenvalue weighted by atomic mass is 16.5. The molecule has 1 aliphatic rings. The maximum absolute atomic E-state index is 10.6. The molecule has 14 heavy (non-hydrogen) atoms. The summed E-state index contributed by atoms with van der Waals surface area (Å²) in [5.41, 5.74) is 5.46. The summed E-state index contributed by atoms with van der Waals surface area (Å²) in [7, 11) is 0. The fourth-order valence-corrected chi connectivity index (χ4v) is 1.79. The van der Waals surface area contributed by atoms with E-state index in [1.807, 2.05) is 18.7 Å². The number of ether oxygens (including phenoxy) is 1. The number of carbonyl (C=O) groups is 1. The lowest BCUT2D eigenvalue weighted by molar-refractivity contribution is -0.140. The summed E-state index contributed by atoms with van der Waals surface area (Å²) in [5, 5.41) is 8.66. The summed E-state index contributed by atoms with van der Waals surface area (Å²) in [6.45, 7) is 5.87. The van der Waals surface area contributed by atoms with Crippen LogP contribution in [0.25, 0.3) is 0 Å². The second-order valence-electron chi connectivity index (χ2n) is 3.92.